The van der Waals surface area contributed by atoms with Gasteiger partial charge in [-0.2, -0.15) is 0 Å². The third-order valence-corrected chi connectivity index (χ3v) is 6.66. The van der Waals surface area contributed by atoms with E-state index in [9.17, 15) is 0 Å². The quantitative estimate of drug-likeness (QED) is 0.603. The molecule has 5 rings (SSSR count). The van der Waals surface area contributed by atoms with Crippen molar-refractivity contribution in [2.45, 2.75) is 23.1 Å². The summed E-state index contributed by atoms with van der Waals surface area (Å²) in [6, 6.07) is 18.7. The van der Waals surface area contributed by atoms with Crippen molar-refractivity contribution < 1.29 is 14.2 Å². The van der Waals surface area contributed by atoms with Crippen LogP contribution in [0.4, 0.5) is 5.69 Å². The van der Waals surface area contributed by atoms with Gasteiger partial charge in [0.1, 0.15) is 5.75 Å². The van der Waals surface area contributed by atoms with Crippen LogP contribution in [0.3, 0.4) is 0 Å². The second-order valence-electron chi connectivity index (χ2n) is 7.08. The zero-order chi connectivity index (χ0) is 19.6. The predicted molar refractivity (Wildman–Crippen MR) is 114 cm³/mol. The molecule has 0 unspecified atom stereocenters. The van der Waals surface area contributed by atoms with E-state index in [1.807, 2.05) is 42.2 Å². The van der Waals surface area contributed by atoms with Crippen LogP contribution in [0.1, 0.15) is 22.9 Å². The topological polar surface area (TPSA) is 43.8 Å². The molecule has 2 aliphatic heterocycles. The Hall–Kier alpha value is -2.86. The Morgan fingerprint density at radius 3 is 2.90 bits per heavy atom. The van der Waals surface area contributed by atoms with Crippen molar-refractivity contribution >= 4 is 17.4 Å². The van der Waals surface area contributed by atoms with Crippen molar-refractivity contribution in [1.82, 2.24) is 4.98 Å². The van der Waals surface area contributed by atoms with Crippen LogP contribution in [-0.2, 0) is 6.54 Å². The lowest BCUT2D eigenvalue weighted by molar-refractivity contribution is 0.174. The lowest BCUT2D eigenvalue weighted by Gasteiger charge is -2.24. The lowest BCUT2D eigenvalue weighted by atomic mass is 10.1. The molecule has 0 spiro atoms. The number of rotatable bonds is 4. The Morgan fingerprint density at radius 1 is 1.10 bits per heavy atom. The molecule has 0 fully saturated rings. The van der Waals surface area contributed by atoms with E-state index in [0.29, 0.717) is 12.0 Å². The Morgan fingerprint density at radius 2 is 2.03 bits per heavy atom. The van der Waals surface area contributed by atoms with Crippen LogP contribution in [-0.4, -0.2) is 25.4 Å². The van der Waals surface area contributed by atoms with Crippen LogP contribution in [0.15, 0.2) is 65.7 Å². The van der Waals surface area contributed by atoms with Gasteiger partial charge in [-0.15, -0.1) is 11.8 Å². The number of hydrogen-bond acceptors (Lipinski definition) is 6. The van der Waals surface area contributed by atoms with Crippen LogP contribution in [0, 0.1) is 0 Å². The first-order chi connectivity index (χ1) is 14.3. The number of ether oxygens (including phenoxy) is 3. The standard InChI is InChI=1S/C23H22N2O3S/c1-26-18-6-7-19-23(13-18)29-22(16-5-8-20-21(12-16)28-15-27-20)9-11-25(19)14-17-4-2-3-10-24-17/h2-8,10,12-13,22H,9,11,14-15H2,1H3/t22-/m1/s1. The minimum absolute atomic E-state index is 0.300. The van der Waals surface area contributed by atoms with Crippen molar-refractivity contribution in [3.05, 3.63) is 72.1 Å². The number of fused-ring (bicyclic) bond motifs is 2. The van der Waals surface area contributed by atoms with Gasteiger partial charge in [0.15, 0.2) is 11.5 Å². The molecular weight excluding hydrogens is 384 g/mol. The van der Waals surface area contributed by atoms with Crippen LogP contribution in [0.2, 0.25) is 0 Å². The first-order valence-electron chi connectivity index (χ1n) is 9.69. The van der Waals surface area contributed by atoms with E-state index in [-0.39, 0.29) is 0 Å². The highest BCUT2D eigenvalue weighted by atomic mass is 32.2. The number of methoxy groups -OCH3 is 1. The Kier molecular flexibility index (Phi) is 4.94. The maximum Gasteiger partial charge on any atom is 0.231 e. The highest BCUT2D eigenvalue weighted by molar-refractivity contribution is 7.99. The molecule has 5 nitrogen and oxygen atoms in total. The van der Waals surface area contributed by atoms with E-state index in [1.54, 1.807) is 7.11 Å². The fourth-order valence-electron chi connectivity index (χ4n) is 3.78. The molecule has 1 atom stereocenters. The first-order valence-corrected chi connectivity index (χ1v) is 10.6. The maximum absolute atomic E-state index is 5.60. The van der Waals surface area contributed by atoms with Gasteiger partial charge in [0.25, 0.3) is 0 Å². The molecule has 148 valence electrons. The number of aromatic nitrogens is 1. The monoisotopic (exact) mass is 406 g/mol. The van der Waals surface area contributed by atoms with Crippen molar-refractivity contribution in [3.8, 4) is 17.2 Å². The van der Waals surface area contributed by atoms with Crippen molar-refractivity contribution in [3.63, 3.8) is 0 Å². The van der Waals surface area contributed by atoms with E-state index in [4.69, 9.17) is 14.2 Å². The van der Waals surface area contributed by atoms with Crippen LogP contribution < -0.4 is 19.1 Å². The van der Waals surface area contributed by atoms with E-state index >= 15 is 0 Å². The van der Waals surface area contributed by atoms with Gasteiger partial charge in [-0.25, -0.2) is 0 Å². The van der Waals surface area contributed by atoms with E-state index in [2.05, 4.69) is 40.2 Å². The third-order valence-electron chi connectivity index (χ3n) is 5.29. The number of benzene rings is 2. The molecule has 0 saturated heterocycles. The number of thioether (sulfide) groups is 1. The molecule has 0 amide bonds. The Bertz CT molecular complexity index is 1010. The molecule has 0 saturated carbocycles. The van der Waals surface area contributed by atoms with Gasteiger partial charge >= 0.3 is 0 Å². The zero-order valence-corrected chi connectivity index (χ0v) is 17.0. The van der Waals surface area contributed by atoms with Gasteiger partial charge in [0, 0.05) is 22.9 Å². The third kappa shape index (κ3) is 3.72. The lowest BCUT2D eigenvalue weighted by Crippen LogP contribution is -2.24. The predicted octanol–water partition coefficient (Wildman–Crippen LogP) is 5.06. The summed E-state index contributed by atoms with van der Waals surface area (Å²) in [7, 11) is 1.71. The summed E-state index contributed by atoms with van der Waals surface area (Å²) < 4.78 is 16.6. The summed E-state index contributed by atoms with van der Waals surface area (Å²) in [6.07, 6.45) is 2.88. The molecular formula is C23H22N2O3S. The SMILES string of the molecule is COc1ccc2c(c1)S[C@@H](c1ccc3c(c1)OCO3)CCN2Cc1ccccn1. The second-order valence-corrected chi connectivity index (χ2v) is 8.33. The molecule has 3 aromatic rings. The average Bonchev–Trinajstić information content (AvgIpc) is 3.16. The van der Waals surface area contributed by atoms with Crippen LogP contribution in [0.5, 0.6) is 17.2 Å². The molecule has 0 bridgehead atoms. The maximum atomic E-state index is 5.60. The van der Waals surface area contributed by atoms with Gasteiger partial charge < -0.3 is 19.1 Å². The molecule has 3 heterocycles. The van der Waals surface area contributed by atoms with Crippen LogP contribution in [0.25, 0.3) is 0 Å². The van der Waals surface area contributed by atoms with Crippen molar-refractivity contribution in [1.29, 1.82) is 0 Å². The van der Waals surface area contributed by atoms with E-state index in [0.717, 1.165) is 42.5 Å². The minimum Gasteiger partial charge on any atom is -0.497 e. The summed E-state index contributed by atoms with van der Waals surface area (Å²) in [5, 5.41) is 0.323. The van der Waals surface area contributed by atoms with Crippen molar-refractivity contribution in [2.24, 2.45) is 0 Å². The van der Waals surface area contributed by atoms with Crippen molar-refractivity contribution in [2.75, 3.05) is 25.3 Å². The van der Waals surface area contributed by atoms with E-state index < -0.39 is 0 Å². The molecule has 0 N–H and O–H groups in total. The Labute approximate surface area is 174 Å². The fraction of sp³-hybridized carbons (Fsp3) is 0.261. The van der Waals surface area contributed by atoms with Gasteiger partial charge in [-0.3, -0.25) is 4.98 Å². The number of anilines is 1. The Balaban J connectivity index is 1.48. The molecule has 0 aliphatic carbocycles. The molecule has 29 heavy (non-hydrogen) atoms. The molecule has 0 radical (unpaired) electrons. The van der Waals surface area contributed by atoms with Gasteiger partial charge in [0.2, 0.25) is 6.79 Å². The van der Waals surface area contributed by atoms with Gasteiger partial charge in [-0.05, 0) is 54.4 Å². The fourth-order valence-corrected chi connectivity index (χ4v) is 5.10. The van der Waals surface area contributed by atoms with Gasteiger partial charge in [-0.1, -0.05) is 12.1 Å². The summed E-state index contributed by atoms with van der Waals surface area (Å²) in [5.74, 6) is 2.54. The zero-order valence-electron chi connectivity index (χ0n) is 16.2. The number of pyridine rings is 1. The smallest absolute Gasteiger partial charge is 0.231 e. The largest absolute Gasteiger partial charge is 0.497 e. The van der Waals surface area contributed by atoms with E-state index in [1.165, 1.54) is 16.1 Å². The number of hydrogen-bond donors (Lipinski definition) is 0. The summed E-state index contributed by atoms with van der Waals surface area (Å²) in [6.45, 7) is 2.03. The molecule has 2 aliphatic rings. The summed E-state index contributed by atoms with van der Waals surface area (Å²) >= 11 is 1.88. The van der Waals surface area contributed by atoms with Gasteiger partial charge in [0.05, 0.1) is 25.0 Å². The highest BCUT2D eigenvalue weighted by Gasteiger charge is 2.26. The summed E-state index contributed by atoms with van der Waals surface area (Å²) in [5.41, 5.74) is 3.55. The molecule has 6 heteroatoms. The minimum atomic E-state index is 0.300. The highest BCUT2D eigenvalue weighted by Crippen LogP contribution is 2.48. The van der Waals surface area contributed by atoms with Crippen LogP contribution >= 0.6 is 11.8 Å². The number of nitrogens with zero attached hydrogens (tertiary/aromatic N) is 2. The molecule has 1 aromatic heterocycles. The molecule has 2 aromatic carbocycles. The second kappa shape index (κ2) is 7.87. The summed E-state index contributed by atoms with van der Waals surface area (Å²) in [4.78, 5) is 8.16. The average molecular weight is 407 g/mol. The normalized spacial score (nSPS) is 17.6. The first kappa shape index (κ1) is 18.2.